The monoisotopic (exact) mass is 418 g/mol. The van der Waals surface area contributed by atoms with Crippen LogP contribution < -0.4 is 10.6 Å². The fraction of sp³-hybridized carbons (Fsp3) is 0.429. The van der Waals surface area contributed by atoms with Crippen LogP contribution in [0.2, 0.25) is 0 Å². The van der Waals surface area contributed by atoms with Gasteiger partial charge < -0.3 is 15.4 Å². The van der Waals surface area contributed by atoms with Gasteiger partial charge in [0, 0.05) is 8.95 Å². The van der Waals surface area contributed by atoms with Crippen molar-refractivity contribution in [3.8, 4) is 0 Å². The van der Waals surface area contributed by atoms with Gasteiger partial charge in [0.15, 0.2) is 0 Å². The van der Waals surface area contributed by atoms with E-state index in [0.29, 0.717) is 15.7 Å². The molecule has 1 heterocycles. The molecule has 1 atom stereocenters. The first-order chi connectivity index (χ1) is 10.0. The Kier molecular flexibility index (Phi) is 5.78. The Morgan fingerprint density at radius 1 is 1.33 bits per heavy atom. The van der Waals surface area contributed by atoms with E-state index < -0.39 is 5.97 Å². The van der Waals surface area contributed by atoms with Gasteiger partial charge in [-0.15, -0.1) is 0 Å². The lowest BCUT2D eigenvalue weighted by molar-refractivity contribution is -0.118. The number of carbonyl (C=O) groups is 2. The molecule has 0 bridgehead atoms. The van der Waals surface area contributed by atoms with Gasteiger partial charge in [-0.2, -0.15) is 0 Å². The number of nitrogens with one attached hydrogen (secondary N) is 2. The molecule has 21 heavy (non-hydrogen) atoms. The van der Waals surface area contributed by atoms with E-state index >= 15 is 0 Å². The Labute approximate surface area is 140 Å². The van der Waals surface area contributed by atoms with Gasteiger partial charge in [0.1, 0.15) is 0 Å². The smallest absolute Gasteiger partial charge is 0.340 e. The highest BCUT2D eigenvalue weighted by Crippen LogP contribution is 2.31. The molecule has 0 aromatic heterocycles. The third-order valence-electron chi connectivity index (χ3n) is 3.34. The molecule has 1 fully saturated rings. The maximum absolute atomic E-state index is 12.3. The number of rotatable bonds is 3. The summed E-state index contributed by atoms with van der Waals surface area (Å²) in [7, 11) is 1.31. The highest BCUT2D eigenvalue weighted by Gasteiger charge is 2.24. The van der Waals surface area contributed by atoms with E-state index in [1.807, 2.05) is 0 Å². The molecule has 1 aromatic rings. The minimum Gasteiger partial charge on any atom is -0.465 e. The normalized spacial score (nSPS) is 18.1. The number of methoxy groups -OCH3 is 1. The predicted molar refractivity (Wildman–Crippen MR) is 87.5 cm³/mol. The summed E-state index contributed by atoms with van der Waals surface area (Å²) in [5, 5.41) is 6.00. The molecule has 1 saturated heterocycles. The zero-order chi connectivity index (χ0) is 15.4. The van der Waals surface area contributed by atoms with Gasteiger partial charge in [0.05, 0.1) is 24.4 Å². The second kappa shape index (κ2) is 7.38. The number of ether oxygens (including phenoxy) is 1. The lowest BCUT2D eigenvalue weighted by Gasteiger charge is -2.23. The van der Waals surface area contributed by atoms with Crippen LogP contribution in [0.15, 0.2) is 21.1 Å². The van der Waals surface area contributed by atoms with Gasteiger partial charge in [0.25, 0.3) is 0 Å². The standard InChI is InChI=1S/C14H16Br2N2O3/c1-21-14(20)9-6-8(15)7-10(16)12(9)18-13(19)11-4-2-3-5-17-11/h6-7,11,17H,2-5H2,1H3,(H,18,19). The summed E-state index contributed by atoms with van der Waals surface area (Å²) in [6.07, 6.45) is 2.91. The van der Waals surface area contributed by atoms with E-state index in [-0.39, 0.29) is 11.9 Å². The molecule has 0 spiro atoms. The lowest BCUT2D eigenvalue weighted by Crippen LogP contribution is -2.43. The van der Waals surface area contributed by atoms with Crippen molar-refractivity contribution in [3.63, 3.8) is 0 Å². The number of hydrogen-bond donors (Lipinski definition) is 2. The molecule has 0 saturated carbocycles. The summed E-state index contributed by atoms with van der Waals surface area (Å²) < 4.78 is 6.12. The van der Waals surface area contributed by atoms with Crippen molar-refractivity contribution in [2.45, 2.75) is 25.3 Å². The van der Waals surface area contributed by atoms with Crippen molar-refractivity contribution < 1.29 is 14.3 Å². The topological polar surface area (TPSA) is 67.4 Å². The van der Waals surface area contributed by atoms with E-state index in [1.54, 1.807) is 12.1 Å². The van der Waals surface area contributed by atoms with E-state index in [2.05, 4.69) is 42.5 Å². The largest absolute Gasteiger partial charge is 0.465 e. The number of halogens is 2. The fourth-order valence-corrected chi connectivity index (χ4v) is 3.58. The second-order valence-corrected chi connectivity index (χ2v) is 6.56. The molecule has 1 unspecified atom stereocenters. The van der Waals surface area contributed by atoms with E-state index in [0.717, 1.165) is 30.3 Å². The summed E-state index contributed by atoms with van der Waals surface area (Å²) in [5.74, 6) is -0.633. The van der Waals surface area contributed by atoms with Crippen molar-refractivity contribution in [3.05, 3.63) is 26.6 Å². The summed E-state index contributed by atoms with van der Waals surface area (Å²) in [4.78, 5) is 24.2. The van der Waals surface area contributed by atoms with Crippen LogP contribution in [0.4, 0.5) is 5.69 Å². The molecule has 1 aliphatic heterocycles. The Morgan fingerprint density at radius 2 is 2.10 bits per heavy atom. The maximum Gasteiger partial charge on any atom is 0.340 e. The summed E-state index contributed by atoms with van der Waals surface area (Å²) >= 11 is 6.70. The Balaban J connectivity index is 2.25. The second-order valence-electron chi connectivity index (χ2n) is 4.79. The van der Waals surface area contributed by atoms with Crippen LogP contribution >= 0.6 is 31.9 Å². The van der Waals surface area contributed by atoms with E-state index in [9.17, 15) is 9.59 Å². The van der Waals surface area contributed by atoms with E-state index in [4.69, 9.17) is 4.74 Å². The summed E-state index contributed by atoms with van der Waals surface area (Å²) in [5.41, 5.74) is 0.741. The average molecular weight is 420 g/mol. The number of carbonyl (C=O) groups excluding carboxylic acids is 2. The molecular weight excluding hydrogens is 404 g/mol. The Morgan fingerprint density at radius 3 is 2.71 bits per heavy atom. The van der Waals surface area contributed by atoms with Crippen LogP contribution in [0.1, 0.15) is 29.6 Å². The fourth-order valence-electron chi connectivity index (χ4n) is 2.26. The van der Waals surface area contributed by atoms with Gasteiger partial charge >= 0.3 is 5.97 Å². The molecule has 0 radical (unpaired) electrons. The number of piperidine rings is 1. The van der Waals surface area contributed by atoms with Crippen molar-refractivity contribution in [1.82, 2.24) is 5.32 Å². The van der Waals surface area contributed by atoms with Crippen LogP contribution in [-0.2, 0) is 9.53 Å². The third-order valence-corrected chi connectivity index (χ3v) is 4.42. The third kappa shape index (κ3) is 4.05. The van der Waals surface area contributed by atoms with Crippen LogP contribution in [0, 0.1) is 0 Å². The SMILES string of the molecule is COC(=O)c1cc(Br)cc(Br)c1NC(=O)C1CCCCN1. The van der Waals surface area contributed by atoms with Crippen molar-refractivity contribution in [1.29, 1.82) is 0 Å². The minimum absolute atomic E-state index is 0.136. The Bertz CT molecular complexity index is 557. The Hall–Kier alpha value is -0.920. The van der Waals surface area contributed by atoms with Gasteiger partial charge in [-0.25, -0.2) is 4.79 Å². The number of anilines is 1. The highest BCUT2D eigenvalue weighted by molar-refractivity contribution is 9.11. The van der Waals surface area contributed by atoms with Gasteiger partial charge in [0.2, 0.25) is 5.91 Å². The summed E-state index contributed by atoms with van der Waals surface area (Å²) in [6, 6.07) is 3.18. The molecule has 114 valence electrons. The molecule has 1 aliphatic rings. The molecule has 1 aromatic carbocycles. The number of amides is 1. The average Bonchev–Trinajstić information content (AvgIpc) is 2.49. The first-order valence-electron chi connectivity index (χ1n) is 6.64. The molecular formula is C14H16Br2N2O3. The van der Waals surface area contributed by atoms with E-state index in [1.165, 1.54) is 7.11 Å². The van der Waals surface area contributed by atoms with Gasteiger partial charge in [-0.1, -0.05) is 22.4 Å². The van der Waals surface area contributed by atoms with Crippen molar-refractivity contribution in [2.75, 3.05) is 19.0 Å². The van der Waals surface area contributed by atoms with Crippen LogP contribution in [0.3, 0.4) is 0 Å². The predicted octanol–water partition coefficient (Wildman–Crippen LogP) is 3.08. The molecule has 2 N–H and O–H groups in total. The quantitative estimate of drug-likeness (QED) is 0.738. The highest BCUT2D eigenvalue weighted by atomic mass is 79.9. The summed E-state index contributed by atoms with van der Waals surface area (Å²) in [6.45, 7) is 0.837. The van der Waals surface area contributed by atoms with Gasteiger partial charge in [-0.3, -0.25) is 4.79 Å². The zero-order valence-electron chi connectivity index (χ0n) is 11.5. The molecule has 2 rings (SSSR count). The van der Waals surface area contributed by atoms with Crippen LogP contribution in [-0.4, -0.2) is 31.6 Å². The number of hydrogen-bond acceptors (Lipinski definition) is 4. The number of esters is 1. The molecule has 7 heteroatoms. The van der Waals surface area contributed by atoms with Crippen LogP contribution in [0.5, 0.6) is 0 Å². The van der Waals surface area contributed by atoms with Gasteiger partial charge in [-0.05, 0) is 47.4 Å². The zero-order valence-corrected chi connectivity index (χ0v) is 14.7. The number of benzene rings is 1. The maximum atomic E-state index is 12.3. The van der Waals surface area contributed by atoms with Crippen LogP contribution in [0.25, 0.3) is 0 Å². The first kappa shape index (κ1) is 16.5. The molecule has 1 amide bonds. The van der Waals surface area contributed by atoms with Crippen molar-refractivity contribution >= 4 is 49.4 Å². The lowest BCUT2D eigenvalue weighted by atomic mass is 10.0. The molecule has 0 aliphatic carbocycles. The minimum atomic E-state index is -0.496. The van der Waals surface area contributed by atoms with Crippen molar-refractivity contribution in [2.24, 2.45) is 0 Å². The first-order valence-corrected chi connectivity index (χ1v) is 8.23. The molecule has 5 nitrogen and oxygen atoms in total.